The fourth-order valence-corrected chi connectivity index (χ4v) is 5.63. The van der Waals surface area contributed by atoms with Crippen LogP contribution < -0.4 is 9.73 Å². The van der Waals surface area contributed by atoms with Crippen molar-refractivity contribution in [1.82, 2.24) is 5.43 Å². The van der Waals surface area contributed by atoms with Crippen molar-refractivity contribution in [1.29, 1.82) is 0 Å². The van der Waals surface area contributed by atoms with Gasteiger partial charge in [0.2, 0.25) is 0 Å². The molecule has 1 aliphatic rings. The summed E-state index contributed by atoms with van der Waals surface area (Å²) in [6.07, 6.45) is 12.7. The largest absolute Gasteiger partial charge is 0.271 e. The highest BCUT2D eigenvalue weighted by atomic mass is 32.2. The van der Waals surface area contributed by atoms with Gasteiger partial charge in [-0.1, -0.05) is 80.8 Å². The summed E-state index contributed by atoms with van der Waals surface area (Å²) in [6, 6.07) is 15.3. The van der Waals surface area contributed by atoms with Gasteiger partial charge >= 0.3 is 0 Å². The Morgan fingerprint density at radius 2 is 1.35 bits per heavy atom. The average Bonchev–Trinajstić information content (AvgIpc) is 2.83. The molecule has 34 heavy (non-hydrogen) atoms. The highest BCUT2D eigenvalue weighted by molar-refractivity contribution is 7.92. The van der Waals surface area contributed by atoms with Crippen molar-refractivity contribution >= 4 is 27.3 Å². The minimum atomic E-state index is -3.91. The molecule has 0 unspecified atom stereocenters. The fraction of sp³-hybridized carbons (Fsp3) is 0.481. The van der Waals surface area contributed by atoms with Crippen LogP contribution in [0.3, 0.4) is 0 Å². The number of aryl methyl sites for hydroxylation is 1. The zero-order chi connectivity index (χ0) is 24.2. The molecule has 1 N–H and O–H groups in total. The third-order valence-electron chi connectivity index (χ3n) is 6.21. The topological polar surface area (TPSA) is 78.8 Å². The van der Waals surface area contributed by atoms with Crippen LogP contribution in [0, 0.1) is 6.92 Å². The number of carbonyl (C=O) groups is 1. The predicted octanol–water partition coefficient (Wildman–Crippen LogP) is 5.97. The van der Waals surface area contributed by atoms with Crippen LogP contribution in [0.25, 0.3) is 0 Å². The lowest BCUT2D eigenvalue weighted by atomic mass is 10.00. The Labute approximate surface area is 204 Å². The summed E-state index contributed by atoms with van der Waals surface area (Å²) in [4.78, 5) is 13.0. The van der Waals surface area contributed by atoms with E-state index in [0.29, 0.717) is 5.69 Å². The number of hydrogen-bond acceptors (Lipinski definition) is 4. The molecule has 1 fully saturated rings. The van der Waals surface area contributed by atoms with E-state index in [1.54, 1.807) is 42.5 Å². The summed E-state index contributed by atoms with van der Waals surface area (Å²) >= 11 is 0. The molecule has 0 spiro atoms. The number of nitrogens with zero attached hydrogens (tertiary/aromatic N) is 2. The predicted molar refractivity (Wildman–Crippen MR) is 139 cm³/mol. The lowest BCUT2D eigenvalue weighted by Crippen LogP contribution is -2.39. The number of hydrazone groups is 1. The van der Waals surface area contributed by atoms with Crippen LogP contribution >= 0.6 is 0 Å². The normalized spacial score (nSPS) is 16.1. The maximum Gasteiger partial charge on any atom is 0.264 e. The summed E-state index contributed by atoms with van der Waals surface area (Å²) in [5.74, 6) is -0.446. The zero-order valence-electron chi connectivity index (χ0n) is 20.2. The second-order valence-corrected chi connectivity index (χ2v) is 10.9. The van der Waals surface area contributed by atoms with Gasteiger partial charge in [-0.3, -0.25) is 9.10 Å². The highest BCUT2D eigenvalue weighted by Gasteiger charge is 2.27. The second kappa shape index (κ2) is 13.3. The van der Waals surface area contributed by atoms with Crippen LogP contribution in [-0.4, -0.2) is 26.6 Å². The summed E-state index contributed by atoms with van der Waals surface area (Å²) in [5.41, 5.74) is 5.10. The number of nitrogens with one attached hydrogen (secondary N) is 1. The minimum absolute atomic E-state index is 0.147. The molecule has 2 aromatic carbocycles. The quantitative estimate of drug-likeness (QED) is 0.514. The molecular formula is C27H37N3O3S. The Kier molecular flexibility index (Phi) is 10.1. The van der Waals surface area contributed by atoms with Crippen LogP contribution in [0.1, 0.15) is 76.2 Å². The molecule has 0 radical (unpaired) electrons. The third-order valence-corrected chi connectivity index (χ3v) is 8.00. The summed E-state index contributed by atoms with van der Waals surface area (Å²) in [5, 5.41) is 4.42. The number of sulfonamides is 1. The molecule has 0 atom stereocenters. The van der Waals surface area contributed by atoms with E-state index in [4.69, 9.17) is 0 Å². The van der Waals surface area contributed by atoms with E-state index in [1.807, 2.05) is 19.1 Å². The molecule has 0 aliphatic heterocycles. The van der Waals surface area contributed by atoms with E-state index in [9.17, 15) is 13.2 Å². The Morgan fingerprint density at radius 3 is 1.91 bits per heavy atom. The molecule has 2 aromatic rings. The fourth-order valence-electron chi connectivity index (χ4n) is 4.19. The Hall–Kier alpha value is -2.67. The lowest BCUT2D eigenvalue weighted by molar-refractivity contribution is -0.119. The van der Waals surface area contributed by atoms with Crippen molar-refractivity contribution in [2.45, 2.75) is 82.4 Å². The summed E-state index contributed by atoms with van der Waals surface area (Å²) < 4.78 is 27.9. The van der Waals surface area contributed by atoms with E-state index in [2.05, 4.69) is 10.5 Å². The molecule has 3 rings (SSSR count). The van der Waals surface area contributed by atoms with Gasteiger partial charge in [0.15, 0.2) is 0 Å². The first kappa shape index (κ1) is 25.9. The number of carbonyl (C=O) groups excluding carboxylic acids is 1. The van der Waals surface area contributed by atoms with Crippen molar-refractivity contribution in [2.75, 3.05) is 10.8 Å². The van der Waals surface area contributed by atoms with Gasteiger partial charge in [-0.05, 0) is 56.9 Å². The zero-order valence-corrected chi connectivity index (χ0v) is 21.0. The van der Waals surface area contributed by atoms with Crippen molar-refractivity contribution in [3.8, 4) is 0 Å². The third kappa shape index (κ3) is 7.97. The molecule has 7 heteroatoms. The van der Waals surface area contributed by atoms with Crippen LogP contribution in [-0.2, 0) is 14.8 Å². The van der Waals surface area contributed by atoms with Crippen molar-refractivity contribution < 1.29 is 13.2 Å². The van der Waals surface area contributed by atoms with Gasteiger partial charge in [0.1, 0.15) is 6.54 Å². The Balaban J connectivity index is 1.73. The van der Waals surface area contributed by atoms with Crippen LogP contribution in [0.2, 0.25) is 0 Å². The summed E-state index contributed by atoms with van der Waals surface area (Å²) in [7, 11) is -3.91. The minimum Gasteiger partial charge on any atom is -0.271 e. The van der Waals surface area contributed by atoms with E-state index in [-0.39, 0.29) is 11.4 Å². The van der Waals surface area contributed by atoms with E-state index >= 15 is 0 Å². The van der Waals surface area contributed by atoms with Crippen molar-refractivity contribution in [3.05, 3.63) is 60.2 Å². The number of hydrogen-bond donors (Lipinski definition) is 1. The van der Waals surface area contributed by atoms with Crippen molar-refractivity contribution in [2.24, 2.45) is 5.10 Å². The van der Waals surface area contributed by atoms with Gasteiger partial charge in [0, 0.05) is 5.71 Å². The van der Waals surface area contributed by atoms with Gasteiger partial charge in [-0.25, -0.2) is 13.8 Å². The standard InChI is InChI=1S/C27H37N3O3S/c1-23-18-20-25(21-19-23)30(34(32,33)26-16-12-9-13-17-26)22-27(31)29-28-24-14-10-7-5-3-2-4-6-8-11-15-24/h9,12-13,16-21H,2-8,10-11,14-15,22H2,1H3,(H,29,31). The van der Waals surface area contributed by atoms with Gasteiger partial charge in [-0.2, -0.15) is 5.10 Å². The van der Waals surface area contributed by atoms with E-state index < -0.39 is 15.9 Å². The van der Waals surface area contributed by atoms with Gasteiger partial charge in [0.05, 0.1) is 10.6 Å². The van der Waals surface area contributed by atoms with E-state index in [1.165, 1.54) is 44.9 Å². The van der Waals surface area contributed by atoms with Crippen molar-refractivity contribution in [3.63, 3.8) is 0 Å². The second-order valence-electron chi connectivity index (χ2n) is 9.06. The highest BCUT2D eigenvalue weighted by Crippen LogP contribution is 2.24. The molecular weight excluding hydrogens is 446 g/mol. The van der Waals surface area contributed by atoms with Gasteiger partial charge < -0.3 is 0 Å². The van der Waals surface area contributed by atoms with Crippen LogP contribution in [0.4, 0.5) is 5.69 Å². The molecule has 184 valence electrons. The molecule has 0 bridgehead atoms. The van der Waals surface area contributed by atoms with Gasteiger partial charge in [-0.15, -0.1) is 0 Å². The summed E-state index contributed by atoms with van der Waals surface area (Å²) in [6.45, 7) is 1.60. The SMILES string of the molecule is Cc1ccc(N(CC(=O)NN=C2CCCCCCCCCCC2)S(=O)(=O)c2ccccc2)cc1. The number of amides is 1. The van der Waals surface area contributed by atoms with Gasteiger partial charge in [0.25, 0.3) is 15.9 Å². The molecule has 0 aromatic heterocycles. The lowest BCUT2D eigenvalue weighted by Gasteiger charge is -2.24. The van der Waals surface area contributed by atoms with Crippen LogP contribution in [0.15, 0.2) is 64.6 Å². The molecule has 1 aliphatic carbocycles. The number of anilines is 1. The first-order chi connectivity index (χ1) is 16.5. The molecule has 0 saturated heterocycles. The number of rotatable bonds is 6. The first-order valence-corrected chi connectivity index (χ1v) is 13.9. The number of benzene rings is 2. The first-order valence-electron chi connectivity index (χ1n) is 12.5. The Morgan fingerprint density at radius 1 is 0.824 bits per heavy atom. The average molecular weight is 484 g/mol. The maximum atomic E-state index is 13.4. The molecule has 0 heterocycles. The molecule has 1 amide bonds. The Bertz CT molecular complexity index is 1020. The molecule has 6 nitrogen and oxygen atoms in total. The van der Waals surface area contributed by atoms with Crippen LogP contribution in [0.5, 0.6) is 0 Å². The van der Waals surface area contributed by atoms with E-state index in [0.717, 1.165) is 41.3 Å². The molecule has 1 saturated carbocycles. The monoisotopic (exact) mass is 483 g/mol. The maximum absolute atomic E-state index is 13.4. The smallest absolute Gasteiger partial charge is 0.264 e.